The summed E-state index contributed by atoms with van der Waals surface area (Å²) in [5, 5.41) is 15.0. The first-order chi connectivity index (χ1) is 9.51. The van der Waals surface area contributed by atoms with Crippen molar-refractivity contribution in [2.45, 2.75) is 27.0 Å². The number of nitro benzene ring substituents is 1. The Bertz CT molecular complexity index is 640. The van der Waals surface area contributed by atoms with Crippen molar-refractivity contribution in [2.24, 2.45) is 0 Å². The second kappa shape index (κ2) is 5.92. The molecule has 0 aliphatic heterocycles. The molecule has 1 aromatic carbocycles. The highest BCUT2D eigenvalue weighted by atomic mass is 35.5. The molecule has 1 aromatic heterocycles. The molecule has 0 saturated carbocycles. The van der Waals surface area contributed by atoms with Crippen molar-refractivity contribution in [3.8, 4) is 5.75 Å². The first-order valence-corrected chi connectivity index (χ1v) is 6.49. The molecule has 0 bridgehead atoms. The van der Waals surface area contributed by atoms with Crippen molar-refractivity contribution in [2.75, 3.05) is 0 Å². The highest BCUT2D eigenvalue weighted by Crippen LogP contribution is 2.28. The van der Waals surface area contributed by atoms with Crippen molar-refractivity contribution >= 4 is 17.3 Å². The molecule has 0 N–H and O–H groups in total. The van der Waals surface area contributed by atoms with Gasteiger partial charge in [0.25, 0.3) is 5.69 Å². The Morgan fingerprint density at radius 2 is 2.20 bits per heavy atom. The van der Waals surface area contributed by atoms with Crippen molar-refractivity contribution in [1.82, 2.24) is 9.78 Å². The summed E-state index contributed by atoms with van der Waals surface area (Å²) in [6.45, 7) is 5.01. The van der Waals surface area contributed by atoms with E-state index in [9.17, 15) is 10.1 Å². The molecular formula is C13H14ClN3O3. The zero-order valence-electron chi connectivity index (χ0n) is 11.2. The van der Waals surface area contributed by atoms with Crippen LogP contribution in [0.5, 0.6) is 5.75 Å². The third kappa shape index (κ3) is 3.08. The maximum atomic E-state index is 10.7. The van der Waals surface area contributed by atoms with Gasteiger partial charge in [-0.2, -0.15) is 5.10 Å². The number of aromatic nitrogens is 2. The van der Waals surface area contributed by atoms with E-state index >= 15 is 0 Å². The molecule has 0 aliphatic rings. The fraction of sp³-hybridized carbons (Fsp3) is 0.308. The van der Waals surface area contributed by atoms with Crippen LogP contribution in [0.4, 0.5) is 5.69 Å². The van der Waals surface area contributed by atoms with E-state index in [4.69, 9.17) is 16.3 Å². The lowest BCUT2D eigenvalue weighted by Crippen LogP contribution is -2.06. The zero-order valence-corrected chi connectivity index (χ0v) is 11.9. The van der Waals surface area contributed by atoms with Crippen molar-refractivity contribution in [3.63, 3.8) is 0 Å². The van der Waals surface area contributed by atoms with E-state index in [2.05, 4.69) is 5.10 Å². The molecule has 0 amide bonds. The molecule has 20 heavy (non-hydrogen) atoms. The fourth-order valence-electron chi connectivity index (χ4n) is 1.87. The third-order valence-corrected chi connectivity index (χ3v) is 3.09. The average Bonchev–Trinajstić information content (AvgIpc) is 2.76. The summed E-state index contributed by atoms with van der Waals surface area (Å²) < 4.78 is 7.45. The number of halogens is 1. The Labute approximate surface area is 121 Å². The molecule has 2 aromatic rings. The molecule has 0 atom stereocenters. The molecule has 0 unspecified atom stereocenters. The van der Waals surface area contributed by atoms with Gasteiger partial charge in [-0.15, -0.1) is 0 Å². The van der Waals surface area contributed by atoms with Crippen molar-refractivity contribution in [3.05, 3.63) is 50.8 Å². The standard InChI is InChI=1S/C13H14ClN3O3/c1-3-16-10(6-9(2)15-16)8-20-11-4-5-13(17(18)19)12(14)7-11/h4-7H,3,8H2,1-2H3. The van der Waals surface area contributed by atoms with Gasteiger partial charge in [-0.05, 0) is 26.0 Å². The van der Waals surface area contributed by atoms with E-state index in [0.717, 1.165) is 17.9 Å². The Hall–Kier alpha value is -2.08. The van der Waals surface area contributed by atoms with E-state index in [0.29, 0.717) is 12.4 Å². The SMILES string of the molecule is CCn1nc(C)cc1COc1ccc([N+](=O)[O-])c(Cl)c1. The summed E-state index contributed by atoms with van der Waals surface area (Å²) in [7, 11) is 0. The minimum atomic E-state index is -0.526. The van der Waals surface area contributed by atoms with E-state index in [-0.39, 0.29) is 10.7 Å². The van der Waals surface area contributed by atoms with Crippen LogP contribution in [-0.4, -0.2) is 14.7 Å². The highest BCUT2D eigenvalue weighted by Gasteiger charge is 2.13. The van der Waals surface area contributed by atoms with Gasteiger partial charge in [-0.1, -0.05) is 11.6 Å². The van der Waals surface area contributed by atoms with Gasteiger partial charge >= 0.3 is 0 Å². The van der Waals surface area contributed by atoms with Gasteiger partial charge in [0.2, 0.25) is 0 Å². The second-order valence-electron chi connectivity index (χ2n) is 4.25. The van der Waals surface area contributed by atoms with Crippen LogP contribution >= 0.6 is 11.6 Å². The fourth-order valence-corrected chi connectivity index (χ4v) is 2.11. The number of aryl methyl sites for hydroxylation is 2. The Balaban J connectivity index is 2.11. The second-order valence-corrected chi connectivity index (χ2v) is 4.66. The lowest BCUT2D eigenvalue weighted by Gasteiger charge is -2.08. The molecule has 2 rings (SSSR count). The van der Waals surface area contributed by atoms with Crippen LogP contribution in [0.1, 0.15) is 18.3 Å². The third-order valence-electron chi connectivity index (χ3n) is 2.79. The van der Waals surface area contributed by atoms with Gasteiger partial charge in [-0.25, -0.2) is 0 Å². The van der Waals surface area contributed by atoms with Crippen LogP contribution in [0.15, 0.2) is 24.3 Å². The molecule has 0 aliphatic carbocycles. The molecule has 1 heterocycles. The lowest BCUT2D eigenvalue weighted by atomic mass is 10.3. The molecular weight excluding hydrogens is 282 g/mol. The van der Waals surface area contributed by atoms with Crippen molar-refractivity contribution < 1.29 is 9.66 Å². The van der Waals surface area contributed by atoms with Gasteiger partial charge in [0.15, 0.2) is 0 Å². The van der Waals surface area contributed by atoms with Crippen LogP contribution < -0.4 is 4.74 Å². The van der Waals surface area contributed by atoms with E-state index in [1.165, 1.54) is 18.2 Å². The average molecular weight is 296 g/mol. The summed E-state index contributed by atoms with van der Waals surface area (Å²) in [5.41, 5.74) is 1.74. The summed E-state index contributed by atoms with van der Waals surface area (Å²) >= 11 is 5.83. The van der Waals surface area contributed by atoms with Gasteiger partial charge in [0, 0.05) is 18.7 Å². The van der Waals surface area contributed by atoms with Crippen LogP contribution in [0.2, 0.25) is 5.02 Å². The Morgan fingerprint density at radius 3 is 2.80 bits per heavy atom. The first kappa shape index (κ1) is 14.3. The Kier molecular flexibility index (Phi) is 4.24. The molecule has 0 spiro atoms. The molecule has 6 nitrogen and oxygen atoms in total. The maximum Gasteiger partial charge on any atom is 0.288 e. The smallest absolute Gasteiger partial charge is 0.288 e. The number of nitrogens with zero attached hydrogens (tertiary/aromatic N) is 3. The minimum absolute atomic E-state index is 0.0627. The summed E-state index contributed by atoms with van der Waals surface area (Å²) in [6.07, 6.45) is 0. The van der Waals surface area contributed by atoms with Crippen LogP contribution in [0, 0.1) is 17.0 Å². The van der Waals surface area contributed by atoms with Crippen molar-refractivity contribution in [1.29, 1.82) is 0 Å². The predicted molar refractivity (Wildman–Crippen MR) is 75.1 cm³/mol. The van der Waals surface area contributed by atoms with E-state index < -0.39 is 4.92 Å². The summed E-state index contributed by atoms with van der Waals surface area (Å²) in [4.78, 5) is 10.1. The van der Waals surface area contributed by atoms with Crippen LogP contribution in [0.3, 0.4) is 0 Å². The zero-order chi connectivity index (χ0) is 14.7. The number of nitro groups is 1. The number of hydrogen-bond donors (Lipinski definition) is 0. The van der Waals surface area contributed by atoms with Gasteiger partial charge in [0.1, 0.15) is 17.4 Å². The number of hydrogen-bond acceptors (Lipinski definition) is 4. The van der Waals surface area contributed by atoms with E-state index in [1.54, 1.807) is 0 Å². The normalized spacial score (nSPS) is 10.6. The van der Waals surface area contributed by atoms with Crippen LogP contribution in [0.25, 0.3) is 0 Å². The Morgan fingerprint density at radius 1 is 1.45 bits per heavy atom. The molecule has 106 valence electrons. The predicted octanol–water partition coefficient (Wildman–Crippen LogP) is 3.35. The molecule has 0 radical (unpaired) electrons. The molecule has 0 fully saturated rings. The minimum Gasteiger partial charge on any atom is -0.487 e. The quantitative estimate of drug-likeness (QED) is 0.626. The maximum absolute atomic E-state index is 10.7. The van der Waals surface area contributed by atoms with E-state index in [1.807, 2.05) is 24.6 Å². The van der Waals surface area contributed by atoms with Gasteiger partial charge in [-0.3, -0.25) is 14.8 Å². The summed E-state index contributed by atoms with van der Waals surface area (Å²) in [6, 6.07) is 6.25. The molecule has 7 heteroatoms. The van der Waals surface area contributed by atoms with Gasteiger partial charge < -0.3 is 4.74 Å². The number of benzene rings is 1. The molecule has 0 saturated heterocycles. The van der Waals surface area contributed by atoms with Gasteiger partial charge in [0.05, 0.1) is 16.3 Å². The monoisotopic (exact) mass is 295 g/mol. The summed E-state index contributed by atoms with van der Waals surface area (Å²) in [5.74, 6) is 0.488. The number of rotatable bonds is 5. The topological polar surface area (TPSA) is 70.2 Å². The lowest BCUT2D eigenvalue weighted by molar-refractivity contribution is -0.384. The number of ether oxygens (including phenoxy) is 1. The first-order valence-electron chi connectivity index (χ1n) is 6.11. The largest absolute Gasteiger partial charge is 0.487 e. The highest BCUT2D eigenvalue weighted by molar-refractivity contribution is 6.32. The van der Waals surface area contributed by atoms with Crippen LogP contribution in [-0.2, 0) is 13.2 Å².